The Kier molecular flexibility index (Phi) is 6.73. The molecule has 0 amide bonds. The van der Waals surface area contributed by atoms with Gasteiger partial charge in [-0.15, -0.1) is 0 Å². The largest absolute Gasteiger partial charge is 0.314 e. The van der Waals surface area contributed by atoms with Gasteiger partial charge in [-0.3, -0.25) is 4.21 Å². The predicted molar refractivity (Wildman–Crippen MR) is 84.2 cm³/mol. The minimum atomic E-state index is -0.916. The van der Waals surface area contributed by atoms with Gasteiger partial charge in [0.2, 0.25) is 0 Å². The molecule has 0 saturated heterocycles. The van der Waals surface area contributed by atoms with Crippen LogP contribution in [0.1, 0.15) is 44.7 Å². The van der Waals surface area contributed by atoms with Crippen LogP contribution in [0.15, 0.2) is 23.1 Å². The number of hydrogen-bond donors (Lipinski definition) is 1. The maximum absolute atomic E-state index is 12.6. The summed E-state index contributed by atoms with van der Waals surface area (Å²) >= 11 is 0. The van der Waals surface area contributed by atoms with Gasteiger partial charge >= 0.3 is 0 Å². The van der Waals surface area contributed by atoms with Crippen molar-refractivity contribution in [1.29, 1.82) is 0 Å². The highest BCUT2D eigenvalue weighted by molar-refractivity contribution is 7.85. The Morgan fingerprint density at radius 2 is 1.95 bits per heavy atom. The fraction of sp³-hybridized carbons (Fsp3) is 0.625. The van der Waals surface area contributed by atoms with Crippen molar-refractivity contribution < 1.29 is 4.21 Å². The fourth-order valence-corrected chi connectivity index (χ4v) is 3.78. The zero-order valence-corrected chi connectivity index (χ0v) is 13.6. The van der Waals surface area contributed by atoms with E-state index >= 15 is 0 Å². The molecule has 3 unspecified atom stereocenters. The maximum Gasteiger partial charge on any atom is 0.0561 e. The average molecular weight is 281 g/mol. The molecule has 3 heteroatoms. The highest BCUT2D eigenvalue weighted by Gasteiger charge is 2.17. The van der Waals surface area contributed by atoms with Crippen LogP contribution in [0.25, 0.3) is 0 Å². The van der Waals surface area contributed by atoms with Crippen LogP contribution in [0, 0.1) is 13.8 Å². The van der Waals surface area contributed by atoms with E-state index in [1.807, 2.05) is 6.92 Å². The van der Waals surface area contributed by atoms with Crippen molar-refractivity contribution in [3.8, 4) is 0 Å². The molecule has 19 heavy (non-hydrogen) atoms. The summed E-state index contributed by atoms with van der Waals surface area (Å²) in [6.07, 6.45) is 2.08. The minimum absolute atomic E-state index is 0.180. The van der Waals surface area contributed by atoms with Crippen LogP contribution in [0.3, 0.4) is 0 Å². The predicted octanol–water partition coefficient (Wildman–Crippen LogP) is 3.58. The lowest BCUT2D eigenvalue weighted by atomic mass is 10.2. The lowest BCUT2D eigenvalue weighted by Crippen LogP contribution is -2.31. The first-order chi connectivity index (χ1) is 8.95. The van der Waals surface area contributed by atoms with E-state index in [1.54, 1.807) is 0 Å². The molecule has 0 aliphatic rings. The zero-order chi connectivity index (χ0) is 14.4. The van der Waals surface area contributed by atoms with Gasteiger partial charge in [-0.2, -0.15) is 0 Å². The maximum atomic E-state index is 12.6. The molecule has 1 aromatic rings. The lowest BCUT2D eigenvalue weighted by molar-refractivity contribution is 0.508. The SMILES string of the molecule is CCCNC(C)CC(C)S(=O)c1cc(C)ccc1C. The van der Waals surface area contributed by atoms with Gasteiger partial charge in [0.15, 0.2) is 0 Å². The van der Waals surface area contributed by atoms with Crippen molar-refractivity contribution in [1.82, 2.24) is 5.32 Å². The van der Waals surface area contributed by atoms with Crippen LogP contribution in [0.2, 0.25) is 0 Å². The van der Waals surface area contributed by atoms with E-state index in [1.165, 1.54) is 5.56 Å². The van der Waals surface area contributed by atoms with Crippen LogP contribution < -0.4 is 5.32 Å². The van der Waals surface area contributed by atoms with Gasteiger partial charge in [0.25, 0.3) is 0 Å². The molecule has 2 nitrogen and oxygen atoms in total. The minimum Gasteiger partial charge on any atom is -0.314 e. The summed E-state index contributed by atoms with van der Waals surface area (Å²) in [6, 6.07) is 6.62. The van der Waals surface area contributed by atoms with Crippen LogP contribution in [-0.2, 0) is 10.8 Å². The molecule has 0 radical (unpaired) electrons. The third kappa shape index (κ3) is 5.07. The highest BCUT2D eigenvalue weighted by atomic mass is 32.2. The van der Waals surface area contributed by atoms with E-state index < -0.39 is 10.8 Å². The lowest BCUT2D eigenvalue weighted by Gasteiger charge is -2.19. The van der Waals surface area contributed by atoms with Crippen LogP contribution >= 0.6 is 0 Å². The van der Waals surface area contributed by atoms with E-state index in [0.29, 0.717) is 6.04 Å². The summed E-state index contributed by atoms with van der Waals surface area (Å²) in [7, 11) is -0.916. The van der Waals surface area contributed by atoms with E-state index in [9.17, 15) is 4.21 Å². The Labute approximate surface area is 120 Å². The Bertz CT molecular complexity index is 431. The molecule has 0 bridgehead atoms. The molecule has 0 aromatic heterocycles. The number of nitrogens with one attached hydrogen (secondary N) is 1. The van der Waals surface area contributed by atoms with Crippen molar-refractivity contribution in [3.05, 3.63) is 29.3 Å². The van der Waals surface area contributed by atoms with Crippen molar-refractivity contribution in [3.63, 3.8) is 0 Å². The summed E-state index contributed by atoms with van der Waals surface area (Å²) in [4.78, 5) is 0.996. The topological polar surface area (TPSA) is 29.1 Å². The first-order valence-corrected chi connectivity index (χ1v) is 8.38. The molecule has 0 saturated carbocycles. The average Bonchev–Trinajstić information content (AvgIpc) is 2.38. The molecule has 0 aliphatic carbocycles. The Balaban J connectivity index is 2.68. The van der Waals surface area contributed by atoms with Gasteiger partial charge < -0.3 is 5.32 Å². The van der Waals surface area contributed by atoms with Gasteiger partial charge in [-0.05, 0) is 57.4 Å². The Morgan fingerprint density at radius 3 is 2.58 bits per heavy atom. The first kappa shape index (κ1) is 16.4. The standard InChI is InChI=1S/C16H27NOS/c1-6-9-17-14(4)11-15(5)19(18)16-10-12(2)7-8-13(16)3/h7-8,10,14-15,17H,6,9,11H2,1-5H3. The monoisotopic (exact) mass is 281 g/mol. The number of hydrogen-bond acceptors (Lipinski definition) is 2. The number of aryl methyl sites for hydroxylation is 2. The molecule has 1 aromatic carbocycles. The first-order valence-electron chi connectivity index (χ1n) is 7.17. The van der Waals surface area contributed by atoms with Crippen LogP contribution in [-0.4, -0.2) is 22.0 Å². The summed E-state index contributed by atoms with van der Waals surface area (Å²) in [6.45, 7) is 11.5. The Morgan fingerprint density at radius 1 is 1.26 bits per heavy atom. The van der Waals surface area contributed by atoms with Gasteiger partial charge in [0.05, 0.1) is 10.8 Å². The molecule has 0 heterocycles. The third-order valence-corrected chi connectivity index (χ3v) is 5.15. The second-order valence-corrected chi connectivity index (χ2v) is 7.31. The molecule has 1 N–H and O–H groups in total. The molecule has 3 atom stereocenters. The smallest absolute Gasteiger partial charge is 0.0561 e. The third-order valence-electron chi connectivity index (χ3n) is 3.35. The summed E-state index contributed by atoms with van der Waals surface area (Å²) < 4.78 is 12.6. The van der Waals surface area contributed by atoms with E-state index in [0.717, 1.165) is 29.8 Å². The normalized spacial score (nSPS) is 16.1. The van der Waals surface area contributed by atoms with E-state index in [-0.39, 0.29) is 5.25 Å². The summed E-state index contributed by atoms with van der Waals surface area (Å²) in [5.41, 5.74) is 2.31. The van der Waals surface area contributed by atoms with Crippen molar-refractivity contribution in [2.24, 2.45) is 0 Å². The van der Waals surface area contributed by atoms with Crippen molar-refractivity contribution >= 4 is 10.8 Å². The quantitative estimate of drug-likeness (QED) is 0.827. The molecular formula is C16H27NOS. The van der Waals surface area contributed by atoms with Crippen molar-refractivity contribution in [2.45, 2.75) is 63.6 Å². The molecule has 1 rings (SSSR count). The zero-order valence-electron chi connectivity index (χ0n) is 12.8. The number of benzene rings is 1. The van der Waals surface area contributed by atoms with Gasteiger partial charge in [0, 0.05) is 16.2 Å². The summed E-state index contributed by atoms with van der Waals surface area (Å²) in [5, 5.41) is 3.64. The molecule has 0 fully saturated rings. The summed E-state index contributed by atoms with van der Waals surface area (Å²) in [5.74, 6) is 0. The molecule has 0 spiro atoms. The van der Waals surface area contributed by atoms with Crippen LogP contribution in [0.5, 0.6) is 0 Å². The van der Waals surface area contributed by atoms with Gasteiger partial charge in [-0.1, -0.05) is 26.0 Å². The molecule has 108 valence electrons. The second kappa shape index (κ2) is 7.81. The molecular weight excluding hydrogens is 254 g/mol. The highest BCUT2D eigenvalue weighted by Crippen LogP contribution is 2.20. The number of rotatable bonds is 7. The van der Waals surface area contributed by atoms with Crippen molar-refractivity contribution in [2.75, 3.05) is 6.54 Å². The Hall–Kier alpha value is -0.670. The van der Waals surface area contributed by atoms with E-state index in [4.69, 9.17) is 0 Å². The fourth-order valence-electron chi connectivity index (χ4n) is 2.20. The molecule has 0 aliphatic heterocycles. The van der Waals surface area contributed by atoms with Crippen LogP contribution in [0.4, 0.5) is 0 Å². The van der Waals surface area contributed by atoms with Gasteiger partial charge in [-0.25, -0.2) is 0 Å². The van der Waals surface area contributed by atoms with Gasteiger partial charge in [0.1, 0.15) is 0 Å². The second-order valence-electron chi connectivity index (χ2n) is 5.47. The van der Waals surface area contributed by atoms with E-state index in [2.05, 4.69) is 51.2 Å².